The molecule has 1 rings (SSSR count). The Kier molecular flexibility index (Phi) is 4.66. The van der Waals surface area contributed by atoms with Crippen LogP contribution in [0.15, 0.2) is 17.4 Å². The summed E-state index contributed by atoms with van der Waals surface area (Å²) in [6, 6.07) is 0. The molecule has 1 heterocycles. The predicted octanol–water partition coefficient (Wildman–Crippen LogP) is 0.624. The van der Waals surface area contributed by atoms with Crippen molar-refractivity contribution in [2.75, 3.05) is 6.54 Å². The van der Waals surface area contributed by atoms with Crippen LogP contribution in [0, 0.1) is 0 Å². The molecule has 0 aromatic carbocycles. The van der Waals surface area contributed by atoms with Crippen LogP contribution in [0.1, 0.15) is 25.3 Å². The van der Waals surface area contributed by atoms with E-state index in [1.54, 1.807) is 10.9 Å². The number of nitrogens with two attached hydrogens (primary N) is 1. The molecule has 0 saturated heterocycles. The average molecular weight is 209 g/mol. The van der Waals surface area contributed by atoms with E-state index in [0.717, 1.165) is 24.9 Å². The number of aromatic nitrogens is 2. The van der Waals surface area contributed by atoms with Crippen LogP contribution in [0.3, 0.4) is 0 Å². The molecule has 1 aromatic heterocycles. The third-order valence-corrected chi connectivity index (χ3v) is 2.03. The van der Waals surface area contributed by atoms with Crippen molar-refractivity contribution in [2.45, 2.75) is 26.3 Å². The minimum atomic E-state index is 0.507. The fourth-order valence-corrected chi connectivity index (χ4v) is 1.18. The van der Waals surface area contributed by atoms with E-state index in [-0.39, 0.29) is 0 Å². The van der Waals surface area contributed by atoms with Crippen LogP contribution in [0.4, 0.5) is 0 Å². The van der Waals surface area contributed by atoms with Crippen LogP contribution in [0.2, 0.25) is 0 Å². The summed E-state index contributed by atoms with van der Waals surface area (Å²) < 4.78 is 1.76. The second-order valence-electron chi connectivity index (χ2n) is 3.50. The van der Waals surface area contributed by atoms with E-state index in [9.17, 15) is 0 Å². The van der Waals surface area contributed by atoms with Crippen LogP contribution in [-0.4, -0.2) is 22.3 Å². The van der Waals surface area contributed by atoms with Gasteiger partial charge in [-0.15, -0.1) is 0 Å². The van der Waals surface area contributed by atoms with Gasteiger partial charge in [-0.1, -0.05) is 13.3 Å². The number of hydrogen-bond acceptors (Lipinski definition) is 2. The second kappa shape index (κ2) is 6.06. The lowest BCUT2D eigenvalue weighted by Crippen LogP contribution is -2.32. The number of hydrogen-bond donors (Lipinski definition) is 2. The summed E-state index contributed by atoms with van der Waals surface area (Å²) in [5.74, 6) is 0.507. The van der Waals surface area contributed by atoms with E-state index in [1.165, 1.54) is 0 Å². The van der Waals surface area contributed by atoms with Gasteiger partial charge in [0.1, 0.15) is 0 Å². The summed E-state index contributed by atoms with van der Waals surface area (Å²) in [6.45, 7) is 3.61. The Morgan fingerprint density at radius 1 is 1.67 bits per heavy atom. The lowest BCUT2D eigenvalue weighted by atomic mass is 10.3. The van der Waals surface area contributed by atoms with Crippen molar-refractivity contribution in [3.63, 3.8) is 0 Å². The molecule has 0 radical (unpaired) electrons. The standard InChI is InChI=1S/C10H19N5/c1-3-4-5-12-10(11)13-6-9-7-14-15(2)8-9/h7-8H,3-6H2,1-2H3,(H3,11,12,13). The summed E-state index contributed by atoms with van der Waals surface area (Å²) in [6.07, 6.45) is 6.00. The molecular weight excluding hydrogens is 190 g/mol. The Labute approximate surface area is 90.4 Å². The van der Waals surface area contributed by atoms with Crippen molar-refractivity contribution in [1.82, 2.24) is 15.1 Å². The Balaban J connectivity index is 2.30. The van der Waals surface area contributed by atoms with Gasteiger partial charge in [0.2, 0.25) is 0 Å². The Hall–Kier alpha value is -1.52. The van der Waals surface area contributed by atoms with Crippen molar-refractivity contribution >= 4 is 5.96 Å². The molecule has 84 valence electrons. The molecule has 0 aliphatic rings. The number of nitrogens with one attached hydrogen (secondary N) is 1. The Bertz CT molecular complexity index is 315. The Morgan fingerprint density at radius 2 is 2.47 bits per heavy atom. The van der Waals surface area contributed by atoms with Crippen molar-refractivity contribution < 1.29 is 0 Å². The first-order chi connectivity index (χ1) is 7.22. The molecule has 0 amide bonds. The summed E-state index contributed by atoms with van der Waals surface area (Å²) in [5.41, 5.74) is 6.75. The maximum Gasteiger partial charge on any atom is 0.188 e. The zero-order valence-corrected chi connectivity index (χ0v) is 9.40. The van der Waals surface area contributed by atoms with Crippen molar-refractivity contribution in [2.24, 2.45) is 17.8 Å². The van der Waals surface area contributed by atoms with Crippen LogP contribution >= 0.6 is 0 Å². The highest BCUT2D eigenvalue weighted by molar-refractivity contribution is 5.77. The van der Waals surface area contributed by atoms with Gasteiger partial charge in [0.05, 0.1) is 12.7 Å². The van der Waals surface area contributed by atoms with Crippen molar-refractivity contribution in [1.29, 1.82) is 0 Å². The van der Waals surface area contributed by atoms with Crippen molar-refractivity contribution in [3.05, 3.63) is 18.0 Å². The van der Waals surface area contributed by atoms with Gasteiger partial charge in [-0.05, 0) is 6.42 Å². The van der Waals surface area contributed by atoms with Gasteiger partial charge < -0.3 is 11.1 Å². The highest BCUT2D eigenvalue weighted by atomic mass is 15.2. The zero-order chi connectivity index (χ0) is 11.1. The number of aryl methyl sites for hydroxylation is 1. The van der Waals surface area contributed by atoms with Crippen molar-refractivity contribution in [3.8, 4) is 0 Å². The number of aliphatic imine (C=N–C) groups is 1. The molecule has 0 atom stereocenters. The normalized spacial score (nSPS) is 11.7. The third kappa shape index (κ3) is 4.49. The summed E-state index contributed by atoms with van der Waals surface area (Å²) >= 11 is 0. The molecule has 15 heavy (non-hydrogen) atoms. The molecule has 0 bridgehead atoms. The van der Waals surface area contributed by atoms with Gasteiger partial charge in [0.25, 0.3) is 0 Å². The maximum absolute atomic E-state index is 5.68. The molecule has 5 nitrogen and oxygen atoms in total. The van der Waals surface area contributed by atoms with Gasteiger partial charge in [0, 0.05) is 25.4 Å². The summed E-state index contributed by atoms with van der Waals surface area (Å²) in [7, 11) is 1.88. The average Bonchev–Trinajstić information content (AvgIpc) is 2.62. The first-order valence-corrected chi connectivity index (χ1v) is 5.23. The summed E-state index contributed by atoms with van der Waals surface area (Å²) in [4.78, 5) is 4.21. The van der Waals surface area contributed by atoms with E-state index < -0.39 is 0 Å². The number of nitrogens with zero attached hydrogens (tertiary/aromatic N) is 3. The van der Waals surface area contributed by atoms with E-state index in [0.29, 0.717) is 12.5 Å². The van der Waals surface area contributed by atoms with Gasteiger partial charge in [-0.3, -0.25) is 4.68 Å². The fourth-order valence-electron chi connectivity index (χ4n) is 1.18. The summed E-state index contributed by atoms with van der Waals surface area (Å²) in [5, 5.41) is 7.12. The van der Waals surface area contributed by atoms with E-state index in [4.69, 9.17) is 5.73 Å². The molecule has 1 aromatic rings. The zero-order valence-electron chi connectivity index (χ0n) is 9.40. The molecule has 0 unspecified atom stereocenters. The van der Waals surface area contributed by atoms with Crippen LogP contribution in [0.5, 0.6) is 0 Å². The largest absolute Gasteiger partial charge is 0.370 e. The molecule has 3 N–H and O–H groups in total. The lowest BCUT2D eigenvalue weighted by molar-refractivity contribution is 0.748. The second-order valence-corrected chi connectivity index (χ2v) is 3.50. The predicted molar refractivity (Wildman–Crippen MR) is 61.4 cm³/mol. The van der Waals surface area contributed by atoms with Crippen LogP contribution in [0.25, 0.3) is 0 Å². The molecule has 0 fully saturated rings. The third-order valence-electron chi connectivity index (χ3n) is 2.03. The van der Waals surface area contributed by atoms with Gasteiger partial charge in [-0.2, -0.15) is 5.10 Å². The number of unbranched alkanes of at least 4 members (excludes halogenated alkanes) is 1. The molecule has 0 saturated carbocycles. The molecule has 0 spiro atoms. The monoisotopic (exact) mass is 209 g/mol. The molecule has 5 heteroatoms. The van der Waals surface area contributed by atoms with Gasteiger partial charge in [-0.25, -0.2) is 4.99 Å². The Morgan fingerprint density at radius 3 is 3.07 bits per heavy atom. The lowest BCUT2D eigenvalue weighted by Gasteiger charge is -2.03. The smallest absolute Gasteiger partial charge is 0.188 e. The first-order valence-electron chi connectivity index (χ1n) is 5.23. The fraction of sp³-hybridized carbons (Fsp3) is 0.600. The van der Waals surface area contributed by atoms with Gasteiger partial charge in [0.15, 0.2) is 5.96 Å². The number of rotatable bonds is 5. The van der Waals surface area contributed by atoms with E-state index >= 15 is 0 Å². The van der Waals surface area contributed by atoms with E-state index in [2.05, 4.69) is 22.3 Å². The minimum Gasteiger partial charge on any atom is -0.370 e. The number of guanidine groups is 1. The first kappa shape index (κ1) is 11.6. The maximum atomic E-state index is 5.68. The minimum absolute atomic E-state index is 0.507. The molecule has 0 aliphatic heterocycles. The highest BCUT2D eigenvalue weighted by Gasteiger charge is 1.95. The van der Waals surface area contributed by atoms with E-state index in [1.807, 2.05) is 13.2 Å². The molecular formula is C10H19N5. The molecule has 0 aliphatic carbocycles. The van der Waals surface area contributed by atoms with Gasteiger partial charge >= 0.3 is 0 Å². The highest BCUT2D eigenvalue weighted by Crippen LogP contribution is 1.97. The van der Waals surface area contributed by atoms with Crippen LogP contribution < -0.4 is 11.1 Å². The SMILES string of the molecule is CCCCNC(N)=NCc1cnn(C)c1. The topological polar surface area (TPSA) is 68.2 Å². The quantitative estimate of drug-likeness (QED) is 0.424. The van der Waals surface area contributed by atoms with Crippen LogP contribution in [-0.2, 0) is 13.6 Å².